The number of methoxy groups -OCH3 is 1. The number of carbonyl (C=O) groups is 1. The van der Waals surface area contributed by atoms with Gasteiger partial charge in [-0.25, -0.2) is 4.98 Å². The first-order valence-corrected chi connectivity index (χ1v) is 10.3. The van der Waals surface area contributed by atoms with Crippen LogP contribution in [0, 0.1) is 0 Å². The second kappa shape index (κ2) is 8.54. The number of hydrogen-bond acceptors (Lipinski definition) is 6. The molecule has 0 spiro atoms. The summed E-state index contributed by atoms with van der Waals surface area (Å²) in [4.78, 5) is 17.2. The van der Waals surface area contributed by atoms with E-state index in [0.29, 0.717) is 17.3 Å². The minimum absolute atomic E-state index is 0.142. The molecule has 0 fully saturated rings. The van der Waals surface area contributed by atoms with Crippen molar-refractivity contribution in [2.45, 2.75) is 17.3 Å². The van der Waals surface area contributed by atoms with Gasteiger partial charge in [0.1, 0.15) is 12.0 Å². The minimum atomic E-state index is -0.287. The van der Waals surface area contributed by atoms with Crippen molar-refractivity contribution in [2.75, 3.05) is 12.4 Å². The number of anilines is 1. The third kappa shape index (κ3) is 4.13. The second-order valence-electron chi connectivity index (χ2n) is 6.80. The van der Waals surface area contributed by atoms with E-state index in [1.54, 1.807) is 31.3 Å². The molecule has 1 N–H and O–H groups in total. The number of thioether (sulfide) groups is 1. The number of rotatable bonds is 6. The molecule has 4 rings (SSSR count). The zero-order valence-electron chi connectivity index (χ0n) is 16.9. The van der Waals surface area contributed by atoms with E-state index in [4.69, 9.17) is 4.74 Å². The third-order valence-corrected chi connectivity index (χ3v) is 5.90. The molecule has 0 aliphatic heterocycles. The smallest absolute Gasteiger partial charge is 0.274 e. The van der Waals surface area contributed by atoms with Crippen molar-refractivity contribution < 1.29 is 9.53 Å². The number of nitrogens with one attached hydrogen (secondary N) is 1. The summed E-state index contributed by atoms with van der Waals surface area (Å²) in [6.07, 6.45) is 1.68. The van der Waals surface area contributed by atoms with Gasteiger partial charge in [0.2, 0.25) is 5.88 Å². The van der Waals surface area contributed by atoms with Crippen LogP contribution >= 0.6 is 11.8 Å². The van der Waals surface area contributed by atoms with Gasteiger partial charge in [-0.05, 0) is 42.1 Å². The summed E-state index contributed by atoms with van der Waals surface area (Å²) >= 11 is 1.61. The molecule has 0 bridgehead atoms. The van der Waals surface area contributed by atoms with Gasteiger partial charge in [-0.1, -0.05) is 42.1 Å². The Kier molecular flexibility index (Phi) is 5.67. The lowest BCUT2D eigenvalue weighted by atomic mass is 10.1. The first-order valence-electron chi connectivity index (χ1n) is 9.41. The van der Waals surface area contributed by atoms with Crippen molar-refractivity contribution in [2.24, 2.45) is 7.05 Å². The van der Waals surface area contributed by atoms with Gasteiger partial charge >= 0.3 is 0 Å². The van der Waals surface area contributed by atoms with Crippen LogP contribution in [0.25, 0.3) is 10.8 Å². The van der Waals surface area contributed by atoms with Crippen molar-refractivity contribution in [3.05, 3.63) is 72.2 Å². The summed E-state index contributed by atoms with van der Waals surface area (Å²) in [7, 11) is 3.46. The number of fused-ring (bicyclic) bond motifs is 1. The number of pyridine rings is 1. The fourth-order valence-corrected chi connectivity index (χ4v) is 4.02. The zero-order chi connectivity index (χ0) is 21.1. The Morgan fingerprint density at radius 3 is 2.77 bits per heavy atom. The monoisotopic (exact) mass is 419 g/mol. The van der Waals surface area contributed by atoms with E-state index in [1.807, 2.05) is 60.1 Å². The van der Waals surface area contributed by atoms with E-state index in [9.17, 15) is 4.79 Å². The van der Waals surface area contributed by atoms with Crippen LogP contribution in [0.1, 0.15) is 28.2 Å². The molecular weight excluding hydrogens is 398 g/mol. The molecule has 0 aliphatic rings. The second-order valence-corrected chi connectivity index (χ2v) is 8.11. The van der Waals surface area contributed by atoms with E-state index >= 15 is 0 Å². The molecule has 2 aromatic carbocycles. The molecule has 8 heteroatoms. The molecule has 7 nitrogen and oxygen atoms in total. The highest BCUT2D eigenvalue weighted by molar-refractivity contribution is 7.99. The first kappa shape index (κ1) is 19.9. The minimum Gasteiger partial charge on any atom is -0.481 e. The largest absolute Gasteiger partial charge is 0.481 e. The Labute approximate surface area is 178 Å². The molecule has 0 saturated heterocycles. The van der Waals surface area contributed by atoms with Crippen LogP contribution in [-0.4, -0.2) is 32.8 Å². The van der Waals surface area contributed by atoms with Gasteiger partial charge in [-0.3, -0.25) is 4.79 Å². The maximum absolute atomic E-state index is 12.9. The molecule has 0 aliphatic carbocycles. The van der Waals surface area contributed by atoms with Crippen LogP contribution < -0.4 is 10.1 Å². The van der Waals surface area contributed by atoms with Gasteiger partial charge in [0.05, 0.1) is 7.11 Å². The lowest BCUT2D eigenvalue weighted by Gasteiger charge is -2.13. The molecule has 1 amide bonds. The fourth-order valence-electron chi connectivity index (χ4n) is 3.11. The van der Waals surface area contributed by atoms with Gasteiger partial charge in [0, 0.05) is 23.4 Å². The third-order valence-electron chi connectivity index (χ3n) is 4.70. The van der Waals surface area contributed by atoms with Gasteiger partial charge < -0.3 is 14.6 Å². The van der Waals surface area contributed by atoms with Crippen LogP contribution in [-0.2, 0) is 7.05 Å². The van der Waals surface area contributed by atoms with E-state index in [2.05, 4.69) is 27.4 Å². The predicted molar refractivity (Wildman–Crippen MR) is 118 cm³/mol. The lowest BCUT2D eigenvalue weighted by molar-refractivity contribution is 0.102. The molecule has 0 unspecified atom stereocenters. The highest BCUT2D eigenvalue weighted by Crippen LogP contribution is 2.34. The molecule has 1 atom stereocenters. The summed E-state index contributed by atoms with van der Waals surface area (Å²) < 4.78 is 7.25. The van der Waals surface area contributed by atoms with Crippen LogP contribution in [0.5, 0.6) is 5.88 Å². The summed E-state index contributed by atoms with van der Waals surface area (Å²) in [5.74, 6) is 0.144. The van der Waals surface area contributed by atoms with Crippen molar-refractivity contribution in [1.29, 1.82) is 0 Å². The summed E-state index contributed by atoms with van der Waals surface area (Å²) in [6, 6.07) is 17.2. The van der Waals surface area contributed by atoms with Crippen molar-refractivity contribution in [3.63, 3.8) is 0 Å². The van der Waals surface area contributed by atoms with Crippen LogP contribution in [0.2, 0.25) is 0 Å². The SMILES string of the molecule is COc1nc(C(=O)Nc2cccc([C@H](C)Sc3nncn3C)c2)cc2ccccc12. The number of carbonyl (C=O) groups excluding carboxylic acids is 1. The predicted octanol–water partition coefficient (Wildman–Crippen LogP) is 4.48. The molecule has 2 heterocycles. The van der Waals surface area contributed by atoms with Crippen LogP contribution in [0.4, 0.5) is 5.69 Å². The van der Waals surface area contributed by atoms with Crippen molar-refractivity contribution in [3.8, 4) is 5.88 Å². The number of ether oxygens (including phenoxy) is 1. The Bertz CT molecular complexity index is 1210. The first-order chi connectivity index (χ1) is 14.5. The Hall–Kier alpha value is -3.39. The number of aromatic nitrogens is 4. The molecule has 30 heavy (non-hydrogen) atoms. The van der Waals surface area contributed by atoms with Crippen LogP contribution in [0.15, 0.2) is 66.1 Å². The molecule has 0 radical (unpaired) electrons. The highest BCUT2D eigenvalue weighted by atomic mass is 32.2. The standard InChI is InChI=1S/C22H21N5O2S/c1-14(30-22-26-23-13-27(22)2)15-8-6-9-17(11-15)24-20(28)19-12-16-7-4-5-10-18(16)21(25-19)29-3/h4-14H,1-3H3,(H,24,28)/t14-/m0/s1. The van der Waals surface area contributed by atoms with Gasteiger partial charge in [-0.15, -0.1) is 10.2 Å². The molecule has 4 aromatic rings. The van der Waals surface area contributed by atoms with Gasteiger partial charge in [0.15, 0.2) is 5.16 Å². The van der Waals surface area contributed by atoms with E-state index in [1.165, 1.54) is 0 Å². The normalized spacial score (nSPS) is 12.0. The molecule has 2 aromatic heterocycles. The van der Waals surface area contributed by atoms with Crippen molar-refractivity contribution in [1.82, 2.24) is 19.7 Å². The maximum Gasteiger partial charge on any atom is 0.274 e. The Morgan fingerprint density at radius 1 is 1.17 bits per heavy atom. The molecule has 152 valence electrons. The van der Waals surface area contributed by atoms with E-state index in [-0.39, 0.29) is 11.2 Å². The number of amides is 1. The Balaban J connectivity index is 1.54. The highest BCUT2D eigenvalue weighted by Gasteiger charge is 2.15. The quantitative estimate of drug-likeness (QED) is 0.464. The number of aryl methyl sites for hydroxylation is 1. The fraction of sp³-hybridized carbons (Fsp3) is 0.182. The van der Waals surface area contributed by atoms with Gasteiger partial charge in [0.25, 0.3) is 5.91 Å². The summed E-state index contributed by atoms with van der Waals surface area (Å²) in [5.41, 5.74) is 2.08. The van der Waals surface area contributed by atoms with Gasteiger partial charge in [-0.2, -0.15) is 0 Å². The lowest BCUT2D eigenvalue weighted by Crippen LogP contribution is -2.14. The van der Waals surface area contributed by atoms with E-state index < -0.39 is 0 Å². The molecular formula is C22H21N5O2S. The van der Waals surface area contributed by atoms with E-state index in [0.717, 1.165) is 21.5 Å². The molecule has 0 saturated carbocycles. The zero-order valence-corrected chi connectivity index (χ0v) is 17.7. The summed E-state index contributed by atoms with van der Waals surface area (Å²) in [5, 5.41) is 13.7. The number of benzene rings is 2. The Morgan fingerprint density at radius 2 is 2.00 bits per heavy atom. The van der Waals surface area contributed by atoms with Crippen LogP contribution in [0.3, 0.4) is 0 Å². The average molecular weight is 420 g/mol. The average Bonchev–Trinajstić information content (AvgIpc) is 3.17. The summed E-state index contributed by atoms with van der Waals surface area (Å²) in [6.45, 7) is 2.09. The van der Waals surface area contributed by atoms with Crippen molar-refractivity contribution >= 4 is 34.1 Å². The number of nitrogens with zero attached hydrogens (tertiary/aromatic N) is 4. The topological polar surface area (TPSA) is 81.9 Å². The maximum atomic E-state index is 12.9. The number of hydrogen-bond donors (Lipinski definition) is 1.